The van der Waals surface area contributed by atoms with Crippen LogP contribution in [0.25, 0.3) is 0 Å². The zero-order chi connectivity index (χ0) is 12.4. The molecule has 0 fully saturated rings. The van der Waals surface area contributed by atoms with Crippen molar-refractivity contribution >= 4 is 17.1 Å². The maximum absolute atomic E-state index is 12.2. The van der Waals surface area contributed by atoms with E-state index in [1.54, 1.807) is 11.3 Å². The third-order valence-corrected chi connectivity index (χ3v) is 4.45. The van der Waals surface area contributed by atoms with E-state index in [0.29, 0.717) is 12.3 Å². The van der Waals surface area contributed by atoms with E-state index in [-0.39, 0.29) is 5.78 Å². The quantitative estimate of drug-likeness (QED) is 0.742. The maximum Gasteiger partial charge on any atom is 0.164 e. The Labute approximate surface area is 111 Å². The molecule has 0 N–H and O–H groups in total. The number of Topliss-reactive ketones (excluding diaryl/α,β-unsaturated/α-hetero) is 1. The minimum atomic E-state index is 0.290. The molecule has 1 unspecified atom stereocenters. The first kappa shape index (κ1) is 11.7. The van der Waals surface area contributed by atoms with Crippen LogP contribution in [0.5, 0.6) is 0 Å². The van der Waals surface area contributed by atoms with Crippen LogP contribution in [0.3, 0.4) is 0 Å². The van der Waals surface area contributed by atoms with Gasteiger partial charge < -0.3 is 0 Å². The molecule has 0 radical (unpaired) electrons. The molecule has 1 aromatic carbocycles. The van der Waals surface area contributed by atoms with Gasteiger partial charge in [-0.05, 0) is 47.8 Å². The highest BCUT2D eigenvalue weighted by Crippen LogP contribution is 2.34. The number of carbonyl (C=O) groups is 1. The molecule has 0 aliphatic heterocycles. The van der Waals surface area contributed by atoms with Crippen LogP contribution >= 0.6 is 11.3 Å². The summed E-state index contributed by atoms with van der Waals surface area (Å²) in [6, 6.07) is 10.5. The Hall–Kier alpha value is -1.41. The van der Waals surface area contributed by atoms with Crippen LogP contribution in [0.2, 0.25) is 0 Å². The van der Waals surface area contributed by atoms with Gasteiger partial charge in [-0.15, -0.1) is 0 Å². The van der Waals surface area contributed by atoms with E-state index in [0.717, 1.165) is 12.0 Å². The zero-order valence-electron chi connectivity index (χ0n) is 10.3. The van der Waals surface area contributed by atoms with Crippen molar-refractivity contribution < 1.29 is 4.79 Å². The van der Waals surface area contributed by atoms with E-state index in [1.807, 2.05) is 16.8 Å². The van der Waals surface area contributed by atoms with Crippen LogP contribution in [0.4, 0.5) is 0 Å². The first-order chi connectivity index (χ1) is 8.84. The summed E-state index contributed by atoms with van der Waals surface area (Å²) in [6.45, 7) is 0. The van der Waals surface area contributed by atoms with Gasteiger partial charge >= 0.3 is 0 Å². The largest absolute Gasteiger partial charge is 0.294 e. The number of benzene rings is 1. The van der Waals surface area contributed by atoms with Crippen LogP contribution in [0.15, 0.2) is 41.1 Å². The predicted octanol–water partition coefficient (Wildman–Crippen LogP) is 4.44. The first-order valence-corrected chi connectivity index (χ1v) is 7.42. The second-order valence-corrected chi connectivity index (χ2v) is 5.71. The average Bonchev–Trinajstić information content (AvgIpc) is 2.93. The lowest BCUT2D eigenvalue weighted by atomic mass is 9.80. The van der Waals surface area contributed by atoms with E-state index in [4.69, 9.17) is 0 Å². The maximum atomic E-state index is 12.2. The summed E-state index contributed by atoms with van der Waals surface area (Å²) in [5, 5.41) is 3.93. The highest BCUT2D eigenvalue weighted by molar-refractivity contribution is 7.08. The third kappa shape index (κ3) is 2.25. The van der Waals surface area contributed by atoms with Crippen LogP contribution in [-0.4, -0.2) is 5.78 Å². The summed E-state index contributed by atoms with van der Waals surface area (Å²) < 4.78 is 0. The molecule has 92 valence electrons. The number of ketones is 1. The standard InChI is InChI=1S/C16H16OS/c17-16(14-8-9-18-11-14)10-13-6-3-5-12-4-1-2-7-15(12)13/h1-2,4,7-9,11,13H,3,5-6,10H2. The van der Waals surface area contributed by atoms with Crippen LogP contribution < -0.4 is 0 Å². The molecule has 1 aliphatic carbocycles. The van der Waals surface area contributed by atoms with Crippen molar-refractivity contribution in [2.24, 2.45) is 0 Å². The van der Waals surface area contributed by atoms with Gasteiger partial charge in [0.25, 0.3) is 0 Å². The van der Waals surface area contributed by atoms with Crippen molar-refractivity contribution in [2.75, 3.05) is 0 Å². The van der Waals surface area contributed by atoms with E-state index < -0.39 is 0 Å². The number of aryl methyl sites for hydroxylation is 1. The van der Waals surface area contributed by atoms with Gasteiger partial charge in [0.1, 0.15) is 0 Å². The highest BCUT2D eigenvalue weighted by Gasteiger charge is 2.22. The Morgan fingerprint density at radius 3 is 3.00 bits per heavy atom. The second kappa shape index (κ2) is 5.07. The van der Waals surface area contributed by atoms with E-state index >= 15 is 0 Å². The average molecular weight is 256 g/mol. The summed E-state index contributed by atoms with van der Waals surface area (Å²) in [6.07, 6.45) is 4.18. The fourth-order valence-corrected chi connectivity index (χ4v) is 3.49. The molecule has 1 atom stereocenters. The molecule has 1 nitrogen and oxygen atoms in total. The number of carbonyl (C=O) groups excluding carboxylic acids is 1. The van der Waals surface area contributed by atoms with Gasteiger partial charge in [-0.2, -0.15) is 11.3 Å². The molecule has 0 spiro atoms. The van der Waals surface area contributed by atoms with Crippen LogP contribution in [-0.2, 0) is 6.42 Å². The topological polar surface area (TPSA) is 17.1 Å². The van der Waals surface area contributed by atoms with Gasteiger partial charge in [0, 0.05) is 17.4 Å². The van der Waals surface area contributed by atoms with E-state index in [2.05, 4.69) is 24.3 Å². The lowest BCUT2D eigenvalue weighted by molar-refractivity contribution is 0.0971. The second-order valence-electron chi connectivity index (χ2n) is 4.93. The predicted molar refractivity (Wildman–Crippen MR) is 75.4 cm³/mol. The van der Waals surface area contributed by atoms with Crippen LogP contribution in [0, 0.1) is 0 Å². The number of fused-ring (bicyclic) bond motifs is 1. The van der Waals surface area contributed by atoms with Gasteiger partial charge in [-0.25, -0.2) is 0 Å². The van der Waals surface area contributed by atoms with Gasteiger partial charge in [0.15, 0.2) is 5.78 Å². The molecule has 0 amide bonds. The van der Waals surface area contributed by atoms with Crippen molar-refractivity contribution in [3.8, 4) is 0 Å². The SMILES string of the molecule is O=C(CC1CCCc2ccccc21)c1ccsc1. The Morgan fingerprint density at radius 2 is 2.17 bits per heavy atom. The molecule has 0 saturated heterocycles. The summed E-state index contributed by atoms with van der Waals surface area (Å²) in [7, 11) is 0. The lowest BCUT2D eigenvalue weighted by Gasteiger charge is -2.24. The Bertz CT molecular complexity index is 542. The Kier molecular flexibility index (Phi) is 3.28. The molecule has 2 heteroatoms. The van der Waals surface area contributed by atoms with Crippen molar-refractivity contribution in [1.82, 2.24) is 0 Å². The molecule has 0 saturated carbocycles. The van der Waals surface area contributed by atoms with Crippen molar-refractivity contribution in [3.05, 3.63) is 57.8 Å². The Morgan fingerprint density at radius 1 is 1.28 bits per heavy atom. The molecule has 0 bridgehead atoms. The molecule has 2 aromatic rings. The fourth-order valence-electron chi connectivity index (χ4n) is 2.83. The molecule has 1 heterocycles. The molecular weight excluding hydrogens is 240 g/mol. The summed E-state index contributed by atoms with van der Waals surface area (Å²) >= 11 is 1.59. The normalized spacial score (nSPS) is 18.3. The third-order valence-electron chi connectivity index (χ3n) is 3.77. The molecule has 1 aromatic heterocycles. The number of rotatable bonds is 3. The van der Waals surface area contributed by atoms with Gasteiger partial charge in [-0.1, -0.05) is 24.3 Å². The van der Waals surface area contributed by atoms with Crippen LogP contribution in [0.1, 0.15) is 46.7 Å². The highest BCUT2D eigenvalue weighted by atomic mass is 32.1. The summed E-state index contributed by atoms with van der Waals surface area (Å²) in [5.74, 6) is 0.709. The minimum absolute atomic E-state index is 0.290. The minimum Gasteiger partial charge on any atom is -0.294 e. The summed E-state index contributed by atoms with van der Waals surface area (Å²) in [4.78, 5) is 12.2. The van der Waals surface area contributed by atoms with Crippen molar-refractivity contribution in [3.63, 3.8) is 0 Å². The molecule has 18 heavy (non-hydrogen) atoms. The molecule has 3 rings (SSSR count). The van der Waals surface area contributed by atoms with E-state index in [9.17, 15) is 4.79 Å². The first-order valence-electron chi connectivity index (χ1n) is 6.48. The van der Waals surface area contributed by atoms with Crippen molar-refractivity contribution in [1.29, 1.82) is 0 Å². The van der Waals surface area contributed by atoms with Gasteiger partial charge in [-0.3, -0.25) is 4.79 Å². The van der Waals surface area contributed by atoms with Gasteiger partial charge in [0.05, 0.1) is 0 Å². The number of hydrogen-bond donors (Lipinski definition) is 0. The molecule has 1 aliphatic rings. The smallest absolute Gasteiger partial charge is 0.164 e. The van der Waals surface area contributed by atoms with E-state index in [1.165, 1.54) is 24.0 Å². The molecular formula is C16H16OS. The lowest BCUT2D eigenvalue weighted by Crippen LogP contribution is -2.13. The monoisotopic (exact) mass is 256 g/mol. The Balaban J connectivity index is 1.80. The number of thiophene rings is 1. The fraction of sp³-hybridized carbons (Fsp3) is 0.312. The summed E-state index contributed by atoms with van der Waals surface area (Å²) in [5.41, 5.74) is 3.71. The zero-order valence-corrected chi connectivity index (χ0v) is 11.1. The number of hydrogen-bond acceptors (Lipinski definition) is 2. The van der Waals surface area contributed by atoms with Crippen molar-refractivity contribution in [2.45, 2.75) is 31.6 Å². The van der Waals surface area contributed by atoms with Gasteiger partial charge in [0.2, 0.25) is 0 Å².